The Balaban J connectivity index is 1.80. The van der Waals surface area contributed by atoms with Gasteiger partial charge < -0.3 is 5.32 Å². The number of hydrogen-bond acceptors (Lipinski definition) is 5. The Morgan fingerprint density at radius 2 is 2.15 bits per heavy atom. The lowest BCUT2D eigenvalue weighted by molar-refractivity contribution is 0.316. The Labute approximate surface area is 137 Å². The SMILES string of the molecule is CCCNCc1nc(CN(C)Cc2csc(Br)c2)cs1. The number of hydrogen-bond donors (Lipinski definition) is 1. The molecule has 2 rings (SSSR count). The van der Waals surface area contributed by atoms with E-state index in [1.807, 2.05) is 0 Å². The second-order valence-corrected chi connectivity index (χ2v) is 8.07. The Kier molecular flexibility index (Phi) is 6.64. The Hall–Kier alpha value is -0.270. The van der Waals surface area contributed by atoms with Gasteiger partial charge in [-0.1, -0.05) is 6.92 Å². The van der Waals surface area contributed by atoms with E-state index < -0.39 is 0 Å². The van der Waals surface area contributed by atoms with Crippen LogP contribution in [-0.2, 0) is 19.6 Å². The number of thiophene rings is 1. The lowest BCUT2D eigenvalue weighted by Gasteiger charge is -2.13. The zero-order chi connectivity index (χ0) is 14.4. The van der Waals surface area contributed by atoms with Crippen LogP contribution in [0.2, 0.25) is 0 Å². The molecule has 6 heteroatoms. The number of rotatable bonds is 8. The van der Waals surface area contributed by atoms with Gasteiger partial charge in [0.1, 0.15) is 5.01 Å². The predicted octanol–water partition coefficient (Wildman–Crippen LogP) is 4.10. The second kappa shape index (κ2) is 8.24. The highest BCUT2D eigenvalue weighted by Crippen LogP contribution is 2.22. The monoisotopic (exact) mass is 373 g/mol. The van der Waals surface area contributed by atoms with Crippen LogP contribution in [0.1, 0.15) is 29.6 Å². The van der Waals surface area contributed by atoms with E-state index in [0.29, 0.717) is 0 Å². The highest BCUT2D eigenvalue weighted by atomic mass is 79.9. The van der Waals surface area contributed by atoms with Gasteiger partial charge in [0.15, 0.2) is 0 Å². The third-order valence-electron chi connectivity index (χ3n) is 2.81. The standard InChI is InChI=1S/C14H20BrN3S2/c1-3-4-16-6-14-17-12(10-20-14)8-18(2)7-11-5-13(15)19-9-11/h5,9-10,16H,3-4,6-8H2,1-2H3. The van der Waals surface area contributed by atoms with E-state index in [1.165, 1.54) is 20.1 Å². The van der Waals surface area contributed by atoms with Gasteiger partial charge in [-0.05, 0) is 53.0 Å². The van der Waals surface area contributed by atoms with Crippen molar-refractivity contribution in [1.82, 2.24) is 15.2 Å². The average molecular weight is 374 g/mol. The number of halogens is 1. The molecule has 2 aromatic rings. The van der Waals surface area contributed by atoms with Crippen LogP contribution >= 0.6 is 38.6 Å². The molecule has 2 heterocycles. The molecule has 0 aliphatic rings. The maximum Gasteiger partial charge on any atom is 0.107 e. The summed E-state index contributed by atoms with van der Waals surface area (Å²) >= 11 is 6.99. The highest BCUT2D eigenvalue weighted by molar-refractivity contribution is 9.11. The van der Waals surface area contributed by atoms with Crippen LogP contribution in [-0.4, -0.2) is 23.5 Å². The van der Waals surface area contributed by atoms with Gasteiger partial charge in [0.25, 0.3) is 0 Å². The molecule has 0 atom stereocenters. The van der Waals surface area contributed by atoms with Crippen molar-refractivity contribution in [1.29, 1.82) is 0 Å². The third kappa shape index (κ3) is 5.26. The smallest absolute Gasteiger partial charge is 0.107 e. The predicted molar refractivity (Wildman–Crippen MR) is 91.3 cm³/mol. The van der Waals surface area contributed by atoms with Crippen molar-refractivity contribution >= 4 is 38.6 Å². The lowest BCUT2D eigenvalue weighted by Crippen LogP contribution is -2.17. The summed E-state index contributed by atoms with van der Waals surface area (Å²) in [6.07, 6.45) is 1.16. The molecule has 0 spiro atoms. The summed E-state index contributed by atoms with van der Waals surface area (Å²) in [6.45, 7) is 5.99. The van der Waals surface area contributed by atoms with Crippen LogP contribution in [0.15, 0.2) is 20.6 Å². The van der Waals surface area contributed by atoms with Crippen LogP contribution in [0.3, 0.4) is 0 Å². The molecule has 0 aliphatic carbocycles. The van der Waals surface area contributed by atoms with Crippen molar-refractivity contribution < 1.29 is 0 Å². The summed E-state index contributed by atoms with van der Waals surface area (Å²) in [6, 6.07) is 2.18. The fraction of sp³-hybridized carbons (Fsp3) is 0.500. The molecular formula is C14H20BrN3S2. The minimum Gasteiger partial charge on any atom is -0.310 e. The summed E-state index contributed by atoms with van der Waals surface area (Å²) < 4.78 is 1.19. The Morgan fingerprint density at radius 3 is 2.85 bits per heavy atom. The van der Waals surface area contributed by atoms with E-state index in [4.69, 9.17) is 0 Å². The van der Waals surface area contributed by atoms with Crippen molar-refractivity contribution in [2.24, 2.45) is 0 Å². The van der Waals surface area contributed by atoms with Crippen molar-refractivity contribution in [2.75, 3.05) is 13.6 Å². The minimum absolute atomic E-state index is 0.889. The molecule has 0 saturated carbocycles. The highest BCUT2D eigenvalue weighted by Gasteiger charge is 2.07. The molecule has 110 valence electrons. The van der Waals surface area contributed by atoms with E-state index in [9.17, 15) is 0 Å². The van der Waals surface area contributed by atoms with Gasteiger partial charge in [-0.3, -0.25) is 4.90 Å². The number of nitrogens with zero attached hydrogens (tertiary/aromatic N) is 2. The summed E-state index contributed by atoms with van der Waals surface area (Å²) in [5, 5.41) is 8.94. The fourth-order valence-electron chi connectivity index (χ4n) is 1.95. The minimum atomic E-state index is 0.889. The molecule has 0 aromatic carbocycles. The molecule has 0 amide bonds. The van der Waals surface area contributed by atoms with E-state index in [2.05, 4.69) is 61.9 Å². The quantitative estimate of drug-likeness (QED) is 0.706. The molecule has 2 aromatic heterocycles. The van der Waals surface area contributed by atoms with Crippen LogP contribution in [0, 0.1) is 0 Å². The molecule has 0 fully saturated rings. The molecule has 3 nitrogen and oxygen atoms in total. The summed E-state index contributed by atoms with van der Waals surface area (Å²) in [4.78, 5) is 6.97. The summed E-state index contributed by atoms with van der Waals surface area (Å²) in [5.41, 5.74) is 2.52. The molecule has 0 saturated heterocycles. The fourth-order valence-corrected chi connectivity index (χ4v) is 3.90. The first kappa shape index (κ1) is 16.1. The number of thiazole rings is 1. The Bertz CT molecular complexity index is 524. The van der Waals surface area contributed by atoms with Crippen molar-refractivity contribution in [3.63, 3.8) is 0 Å². The summed E-state index contributed by atoms with van der Waals surface area (Å²) in [7, 11) is 2.14. The van der Waals surface area contributed by atoms with Gasteiger partial charge in [0, 0.05) is 25.0 Å². The zero-order valence-corrected chi connectivity index (χ0v) is 15.1. The van der Waals surface area contributed by atoms with Gasteiger partial charge in [0.2, 0.25) is 0 Å². The van der Waals surface area contributed by atoms with E-state index >= 15 is 0 Å². The van der Waals surface area contributed by atoms with E-state index in [1.54, 1.807) is 22.7 Å². The zero-order valence-electron chi connectivity index (χ0n) is 11.9. The average Bonchev–Trinajstić information content (AvgIpc) is 2.99. The van der Waals surface area contributed by atoms with Gasteiger partial charge >= 0.3 is 0 Å². The normalized spacial score (nSPS) is 11.4. The lowest BCUT2D eigenvalue weighted by atomic mass is 10.3. The van der Waals surface area contributed by atoms with E-state index in [0.717, 1.165) is 32.6 Å². The topological polar surface area (TPSA) is 28.2 Å². The molecular weight excluding hydrogens is 354 g/mol. The maximum absolute atomic E-state index is 4.68. The molecule has 0 unspecified atom stereocenters. The maximum atomic E-state index is 4.68. The largest absolute Gasteiger partial charge is 0.310 e. The third-order valence-corrected chi connectivity index (χ3v) is 5.26. The molecule has 0 aliphatic heterocycles. The van der Waals surface area contributed by atoms with Crippen LogP contribution in [0.4, 0.5) is 0 Å². The first-order valence-corrected chi connectivity index (χ1v) is 9.28. The number of nitrogens with one attached hydrogen (secondary N) is 1. The Morgan fingerprint density at radius 1 is 1.30 bits per heavy atom. The molecule has 20 heavy (non-hydrogen) atoms. The van der Waals surface area contributed by atoms with Crippen LogP contribution < -0.4 is 5.32 Å². The van der Waals surface area contributed by atoms with Crippen LogP contribution in [0.25, 0.3) is 0 Å². The van der Waals surface area contributed by atoms with Gasteiger partial charge in [-0.2, -0.15) is 0 Å². The van der Waals surface area contributed by atoms with Gasteiger partial charge in [-0.25, -0.2) is 4.98 Å². The molecule has 0 radical (unpaired) electrons. The van der Waals surface area contributed by atoms with Gasteiger partial charge in [0.05, 0.1) is 9.48 Å². The van der Waals surface area contributed by atoms with Crippen LogP contribution in [0.5, 0.6) is 0 Å². The van der Waals surface area contributed by atoms with Gasteiger partial charge in [-0.15, -0.1) is 22.7 Å². The summed E-state index contributed by atoms with van der Waals surface area (Å²) in [5.74, 6) is 0. The first-order valence-electron chi connectivity index (χ1n) is 6.73. The molecule has 0 bridgehead atoms. The second-order valence-electron chi connectivity index (χ2n) is 4.84. The van der Waals surface area contributed by atoms with Crippen molar-refractivity contribution in [2.45, 2.75) is 33.0 Å². The molecule has 1 N–H and O–H groups in total. The van der Waals surface area contributed by atoms with E-state index in [-0.39, 0.29) is 0 Å². The van der Waals surface area contributed by atoms with Crippen molar-refractivity contribution in [3.05, 3.63) is 36.9 Å². The number of aromatic nitrogens is 1. The van der Waals surface area contributed by atoms with Crippen molar-refractivity contribution in [3.8, 4) is 0 Å². The first-order chi connectivity index (χ1) is 9.67.